The highest BCUT2D eigenvalue weighted by molar-refractivity contribution is 7.99. The fourth-order valence-corrected chi connectivity index (χ4v) is 3.39. The predicted octanol–water partition coefficient (Wildman–Crippen LogP) is 5.88. The first kappa shape index (κ1) is 19.8. The Labute approximate surface area is 173 Å². The molecule has 0 aliphatic rings. The van der Waals surface area contributed by atoms with Gasteiger partial charge in [-0.2, -0.15) is 5.26 Å². The highest BCUT2D eigenvalue weighted by Crippen LogP contribution is 2.32. The summed E-state index contributed by atoms with van der Waals surface area (Å²) in [5.41, 5.74) is 2.21. The van der Waals surface area contributed by atoms with Gasteiger partial charge in [0.2, 0.25) is 5.91 Å². The van der Waals surface area contributed by atoms with Crippen LogP contribution >= 0.6 is 23.4 Å². The molecule has 6 heteroatoms. The molecule has 3 rings (SSSR count). The molecule has 0 heterocycles. The number of rotatable bonds is 7. The van der Waals surface area contributed by atoms with E-state index in [1.54, 1.807) is 30.3 Å². The number of hydrogen-bond acceptors (Lipinski definition) is 4. The summed E-state index contributed by atoms with van der Waals surface area (Å²) in [6.45, 7) is 0. The Balaban J connectivity index is 1.58. The number of carbonyl (C=O) groups excluding carboxylic acids is 1. The zero-order valence-corrected chi connectivity index (χ0v) is 16.5. The molecule has 0 saturated heterocycles. The van der Waals surface area contributed by atoms with E-state index >= 15 is 0 Å². The number of benzene rings is 3. The molecule has 0 fully saturated rings. The summed E-state index contributed by atoms with van der Waals surface area (Å²) in [6, 6.07) is 23.9. The number of thioether (sulfide) groups is 1. The van der Waals surface area contributed by atoms with E-state index in [0.29, 0.717) is 33.5 Å². The highest BCUT2D eigenvalue weighted by Gasteiger charge is 2.10. The second-order valence-electron chi connectivity index (χ2n) is 5.91. The van der Waals surface area contributed by atoms with E-state index in [1.165, 1.54) is 11.8 Å². The van der Waals surface area contributed by atoms with Crippen LogP contribution in [0.4, 0.5) is 5.69 Å². The first-order chi connectivity index (χ1) is 13.6. The quantitative estimate of drug-likeness (QED) is 0.530. The molecule has 0 atom stereocenters. The lowest BCUT2D eigenvalue weighted by molar-refractivity contribution is -0.113. The molecule has 0 radical (unpaired) electrons. The molecule has 0 bridgehead atoms. The average molecular weight is 409 g/mol. The molecule has 3 aromatic rings. The lowest BCUT2D eigenvalue weighted by atomic mass is 10.2. The Morgan fingerprint density at radius 3 is 2.54 bits per heavy atom. The fraction of sp³-hybridized carbons (Fsp3) is 0.0909. The number of hydrogen-bond donors (Lipinski definition) is 1. The molecule has 28 heavy (non-hydrogen) atoms. The van der Waals surface area contributed by atoms with Crippen LogP contribution in [0.15, 0.2) is 72.8 Å². The first-order valence-electron chi connectivity index (χ1n) is 8.53. The van der Waals surface area contributed by atoms with E-state index in [1.807, 2.05) is 42.5 Å². The van der Waals surface area contributed by atoms with Crippen LogP contribution in [0.25, 0.3) is 0 Å². The van der Waals surface area contributed by atoms with Crippen molar-refractivity contribution in [3.05, 3.63) is 88.9 Å². The van der Waals surface area contributed by atoms with Crippen LogP contribution in [0, 0.1) is 11.3 Å². The lowest BCUT2D eigenvalue weighted by Gasteiger charge is -2.13. The van der Waals surface area contributed by atoms with E-state index in [4.69, 9.17) is 21.6 Å². The molecule has 1 N–H and O–H groups in total. The van der Waals surface area contributed by atoms with E-state index in [0.717, 1.165) is 5.56 Å². The summed E-state index contributed by atoms with van der Waals surface area (Å²) in [7, 11) is 0. The number of amides is 1. The minimum atomic E-state index is -0.140. The van der Waals surface area contributed by atoms with Crippen molar-refractivity contribution in [3.63, 3.8) is 0 Å². The van der Waals surface area contributed by atoms with Gasteiger partial charge in [0, 0.05) is 10.8 Å². The zero-order chi connectivity index (χ0) is 19.8. The second kappa shape index (κ2) is 9.84. The van der Waals surface area contributed by atoms with Crippen LogP contribution in [-0.2, 0) is 10.5 Å². The van der Waals surface area contributed by atoms with E-state index in [2.05, 4.69) is 11.4 Å². The predicted molar refractivity (Wildman–Crippen MR) is 114 cm³/mol. The standard InChI is InChI=1S/C22H17ClN2O2S/c23-18-10-11-21(27-19-4-2-1-3-5-19)20(12-18)25-22(26)15-28-14-17-8-6-16(13-24)7-9-17/h1-12H,14-15H2,(H,25,26). The van der Waals surface area contributed by atoms with Crippen LogP contribution in [0.3, 0.4) is 0 Å². The Morgan fingerprint density at radius 2 is 1.82 bits per heavy atom. The van der Waals surface area contributed by atoms with Gasteiger partial charge in [-0.25, -0.2) is 0 Å². The van der Waals surface area contributed by atoms with Crippen molar-refractivity contribution < 1.29 is 9.53 Å². The Bertz CT molecular complexity index is 986. The van der Waals surface area contributed by atoms with Gasteiger partial charge >= 0.3 is 0 Å². The summed E-state index contributed by atoms with van der Waals surface area (Å²) in [5.74, 6) is 2.04. The summed E-state index contributed by atoms with van der Waals surface area (Å²) < 4.78 is 5.85. The van der Waals surface area contributed by atoms with Gasteiger partial charge in [-0.15, -0.1) is 11.8 Å². The van der Waals surface area contributed by atoms with Crippen molar-refractivity contribution in [1.29, 1.82) is 5.26 Å². The number of ether oxygens (including phenoxy) is 1. The molecule has 3 aromatic carbocycles. The lowest BCUT2D eigenvalue weighted by Crippen LogP contribution is -2.14. The van der Waals surface area contributed by atoms with Gasteiger partial charge in [0.15, 0.2) is 5.75 Å². The number of carbonyl (C=O) groups is 1. The van der Waals surface area contributed by atoms with Crippen molar-refractivity contribution in [2.24, 2.45) is 0 Å². The van der Waals surface area contributed by atoms with Gasteiger partial charge in [-0.1, -0.05) is 41.9 Å². The van der Waals surface area contributed by atoms with E-state index < -0.39 is 0 Å². The van der Waals surface area contributed by atoms with Gasteiger partial charge in [-0.05, 0) is 48.0 Å². The van der Waals surface area contributed by atoms with Gasteiger partial charge in [0.1, 0.15) is 5.75 Å². The highest BCUT2D eigenvalue weighted by atomic mass is 35.5. The van der Waals surface area contributed by atoms with E-state index in [9.17, 15) is 4.79 Å². The van der Waals surface area contributed by atoms with Crippen LogP contribution in [0.1, 0.15) is 11.1 Å². The average Bonchev–Trinajstić information content (AvgIpc) is 2.71. The molecule has 0 aliphatic heterocycles. The third-order valence-corrected chi connectivity index (χ3v) is 5.01. The Morgan fingerprint density at radius 1 is 1.07 bits per heavy atom. The number of halogens is 1. The molecule has 0 aliphatic carbocycles. The van der Waals surface area contributed by atoms with Crippen LogP contribution in [0.2, 0.25) is 5.02 Å². The largest absolute Gasteiger partial charge is 0.455 e. The van der Waals surface area contributed by atoms with Crippen molar-refractivity contribution in [2.45, 2.75) is 5.75 Å². The number of anilines is 1. The summed E-state index contributed by atoms with van der Waals surface area (Å²) in [5, 5.41) is 12.2. The van der Waals surface area contributed by atoms with Crippen molar-refractivity contribution in [2.75, 3.05) is 11.1 Å². The third kappa shape index (κ3) is 5.78. The van der Waals surface area contributed by atoms with Crippen LogP contribution in [-0.4, -0.2) is 11.7 Å². The SMILES string of the molecule is N#Cc1ccc(CSCC(=O)Nc2cc(Cl)ccc2Oc2ccccc2)cc1. The number of para-hydroxylation sites is 1. The Hall–Kier alpha value is -2.94. The molecule has 0 unspecified atom stereocenters. The molecule has 0 saturated carbocycles. The van der Waals surface area contributed by atoms with Gasteiger partial charge in [0.25, 0.3) is 0 Å². The minimum Gasteiger partial charge on any atom is -0.455 e. The van der Waals surface area contributed by atoms with Gasteiger partial charge in [0.05, 0.1) is 23.1 Å². The molecule has 0 spiro atoms. The summed E-state index contributed by atoms with van der Waals surface area (Å²) >= 11 is 7.57. The number of nitriles is 1. The second-order valence-corrected chi connectivity index (χ2v) is 7.33. The van der Waals surface area contributed by atoms with Crippen molar-refractivity contribution in [3.8, 4) is 17.6 Å². The maximum absolute atomic E-state index is 12.3. The first-order valence-corrected chi connectivity index (χ1v) is 10.1. The Kier molecular flexibility index (Phi) is 6.96. The molecule has 140 valence electrons. The van der Waals surface area contributed by atoms with Crippen LogP contribution < -0.4 is 10.1 Å². The maximum atomic E-state index is 12.3. The van der Waals surface area contributed by atoms with Gasteiger partial charge in [-0.3, -0.25) is 4.79 Å². The summed E-state index contributed by atoms with van der Waals surface area (Å²) in [6.07, 6.45) is 0. The summed E-state index contributed by atoms with van der Waals surface area (Å²) in [4.78, 5) is 12.3. The molecule has 1 amide bonds. The van der Waals surface area contributed by atoms with Crippen molar-refractivity contribution in [1.82, 2.24) is 0 Å². The molecule has 0 aromatic heterocycles. The monoisotopic (exact) mass is 408 g/mol. The molecule has 4 nitrogen and oxygen atoms in total. The van der Waals surface area contributed by atoms with Crippen LogP contribution in [0.5, 0.6) is 11.5 Å². The topological polar surface area (TPSA) is 62.1 Å². The molecular weight excluding hydrogens is 392 g/mol. The number of nitrogens with zero attached hydrogens (tertiary/aromatic N) is 1. The maximum Gasteiger partial charge on any atom is 0.234 e. The minimum absolute atomic E-state index is 0.140. The van der Waals surface area contributed by atoms with E-state index in [-0.39, 0.29) is 11.7 Å². The normalized spacial score (nSPS) is 10.1. The number of nitrogens with one attached hydrogen (secondary N) is 1. The zero-order valence-electron chi connectivity index (χ0n) is 14.9. The van der Waals surface area contributed by atoms with Gasteiger partial charge < -0.3 is 10.1 Å². The molecular formula is C22H17ClN2O2S. The fourth-order valence-electron chi connectivity index (χ4n) is 2.43. The third-order valence-electron chi connectivity index (χ3n) is 3.77. The smallest absolute Gasteiger partial charge is 0.234 e. The van der Waals surface area contributed by atoms with Crippen molar-refractivity contribution >= 4 is 35.0 Å².